The van der Waals surface area contributed by atoms with Gasteiger partial charge in [-0.1, -0.05) is 0 Å². The number of hydrogen-bond donors (Lipinski definition) is 1. The van der Waals surface area contributed by atoms with Crippen molar-refractivity contribution in [1.29, 1.82) is 0 Å². The van der Waals surface area contributed by atoms with E-state index in [0.717, 1.165) is 0 Å². The van der Waals surface area contributed by atoms with Crippen LogP contribution < -0.4 is 4.74 Å². The molecule has 3 nitrogen and oxygen atoms in total. The van der Waals surface area contributed by atoms with Crippen molar-refractivity contribution in [3.63, 3.8) is 0 Å². The summed E-state index contributed by atoms with van der Waals surface area (Å²) < 4.78 is 19.0. The van der Waals surface area contributed by atoms with Gasteiger partial charge >= 0.3 is 0 Å². The molecule has 0 aliphatic rings. The highest BCUT2D eigenvalue weighted by atomic mass is 79.9. The van der Waals surface area contributed by atoms with Gasteiger partial charge in [0.15, 0.2) is 0 Å². The molecule has 1 N–H and O–H groups in total. The van der Waals surface area contributed by atoms with Crippen molar-refractivity contribution in [3.8, 4) is 11.6 Å². The molecule has 2 aromatic rings. The van der Waals surface area contributed by atoms with Gasteiger partial charge in [-0.3, -0.25) is 0 Å². The Morgan fingerprint density at radius 3 is 2.67 bits per heavy atom. The third-order valence-electron chi connectivity index (χ3n) is 2.36. The summed E-state index contributed by atoms with van der Waals surface area (Å²) in [5.41, 5.74) is 0.698. The minimum atomic E-state index is -0.573. The van der Waals surface area contributed by atoms with Crippen molar-refractivity contribution in [2.45, 2.75) is 13.0 Å². The molecule has 0 amide bonds. The van der Waals surface area contributed by atoms with E-state index >= 15 is 0 Å². The van der Waals surface area contributed by atoms with Crippen LogP contribution in [0.25, 0.3) is 0 Å². The molecule has 0 fully saturated rings. The summed E-state index contributed by atoms with van der Waals surface area (Å²) >= 11 is 3.07. The molecule has 5 heteroatoms. The lowest BCUT2D eigenvalue weighted by Crippen LogP contribution is -1.94. The number of rotatable bonds is 3. The first-order chi connectivity index (χ1) is 8.56. The maximum absolute atomic E-state index is 13.3. The van der Waals surface area contributed by atoms with Crippen LogP contribution in [0.1, 0.15) is 18.6 Å². The minimum absolute atomic E-state index is 0.348. The van der Waals surface area contributed by atoms with Gasteiger partial charge in [-0.15, -0.1) is 0 Å². The van der Waals surface area contributed by atoms with Crippen molar-refractivity contribution in [3.05, 3.63) is 52.4 Å². The number of aliphatic hydroxyl groups excluding tert-OH is 1. The first-order valence-corrected chi connectivity index (χ1v) is 6.12. The smallest absolute Gasteiger partial charge is 0.219 e. The van der Waals surface area contributed by atoms with Crippen LogP contribution in [0.2, 0.25) is 0 Å². The SMILES string of the molecule is CC(O)c1ccc(Oc2ccc(Br)c(F)c2)nc1. The van der Waals surface area contributed by atoms with E-state index in [-0.39, 0.29) is 0 Å². The zero-order chi connectivity index (χ0) is 13.1. The molecular formula is C13H11BrFNO2. The predicted molar refractivity (Wildman–Crippen MR) is 69.0 cm³/mol. The second-order valence-electron chi connectivity index (χ2n) is 3.78. The molecular weight excluding hydrogens is 301 g/mol. The summed E-state index contributed by atoms with van der Waals surface area (Å²) in [6.07, 6.45) is 0.951. The van der Waals surface area contributed by atoms with Gasteiger partial charge in [-0.2, -0.15) is 0 Å². The van der Waals surface area contributed by atoms with E-state index < -0.39 is 11.9 Å². The summed E-state index contributed by atoms with van der Waals surface area (Å²) in [7, 11) is 0. The first kappa shape index (κ1) is 13.0. The highest BCUT2D eigenvalue weighted by molar-refractivity contribution is 9.10. The van der Waals surface area contributed by atoms with Crippen LogP contribution >= 0.6 is 15.9 Å². The molecule has 0 aliphatic carbocycles. The molecule has 0 radical (unpaired) electrons. The molecule has 2 rings (SSSR count). The Bertz CT molecular complexity index is 543. The molecule has 0 saturated heterocycles. The van der Waals surface area contributed by atoms with E-state index in [1.807, 2.05) is 0 Å². The Morgan fingerprint density at radius 2 is 2.11 bits per heavy atom. The Kier molecular flexibility index (Phi) is 3.93. The fourth-order valence-corrected chi connectivity index (χ4v) is 1.61. The molecule has 1 unspecified atom stereocenters. The number of nitrogens with zero attached hydrogens (tertiary/aromatic N) is 1. The van der Waals surface area contributed by atoms with Gasteiger partial charge in [0, 0.05) is 18.3 Å². The van der Waals surface area contributed by atoms with Gasteiger partial charge in [0.1, 0.15) is 11.6 Å². The quantitative estimate of drug-likeness (QED) is 0.936. The van der Waals surface area contributed by atoms with Gasteiger partial charge in [0.2, 0.25) is 5.88 Å². The summed E-state index contributed by atoms with van der Waals surface area (Å²) in [5, 5.41) is 9.34. The van der Waals surface area contributed by atoms with Crippen molar-refractivity contribution in [1.82, 2.24) is 4.98 Å². The van der Waals surface area contributed by atoms with Gasteiger partial charge in [0.05, 0.1) is 10.6 Å². The van der Waals surface area contributed by atoms with E-state index in [2.05, 4.69) is 20.9 Å². The van der Waals surface area contributed by atoms with Gasteiger partial charge in [0.25, 0.3) is 0 Å². The molecule has 1 aromatic carbocycles. The molecule has 0 bridgehead atoms. The second kappa shape index (κ2) is 5.46. The fraction of sp³-hybridized carbons (Fsp3) is 0.154. The second-order valence-corrected chi connectivity index (χ2v) is 4.64. The Labute approximate surface area is 112 Å². The average Bonchev–Trinajstić information content (AvgIpc) is 2.34. The normalized spacial score (nSPS) is 12.2. The minimum Gasteiger partial charge on any atom is -0.439 e. The number of aromatic nitrogens is 1. The number of ether oxygens (including phenoxy) is 1. The molecule has 1 aromatic heterocycles. The largest absolute Gasteiger partial charge is 0.439 e. The summed E-state index contributed by atoms with van der Waals surface area (Å²) in [6.45, 7) is 1.65. The van der Waals surface area contributed by atoms with Crippen LogP contribution in [0.5, 0.6) is 11.6 Å². The first-order valence-electron chi connectivity index (χ1n) is 5.33. The third kappa shape index (κ3) is 3.05. The van der Waals surface area contributed by atoms with E-state index in [1.165, 1.54) is 12.3 Å². The standard InChI is InChI=1S/C13H11BrFNO2/c1-8(17)9-2-5-13(16-7-9)18-10-3-4-11(14)12(15)6-10/h2-8,17H,1H3. The molecule has 18 heavy (non-hydrogen) atoms. The third-order valence-corrected chi connectivity index (χ3v) is 3.00. The lowest BCUT2D eigenvalue weighted by atomic mass is 10.2. The van der Waals surface area contributed by atoms with Crippen molar-refractivity contribution < 1.29 is 14.2 Å². The van der Waals surface area contributed by atoms with Gasteiger partial charge < -0.3 is 9.84 Å². The highest BCUT2D eigenvalue weighted by Gasteiger charge is 2.05. The Morgan fingerprint density at radius 1 is 1.33 bits per heavy atom. The summed E-state index contributed by atoms with van der Waals surface area (Å²) in [5.74, 6) is 0.321. The van der Waals surface area contributed by atoms with E-state index in [4.69, 9.17) is 4.74 Å². The molecule has 0 spiro atoms. The molecule has 0 saturated carbocycles. The number of halogens is 2. The maximum atomic E-state index is 13.3. The molecule has 1 atom stereocenters. The van der Waals surface area contributed by atoms with Crippen molar-refractivity contribution >= 4 is 15.9 Å². The monoisotopic (exact) mass is 311 g/mol. The fourth-order valence-electron chi connectivity index (χ4n) is 1.36. The zero-order valence-corrected chi connectivity index (χ0v) is 11.2. The maximum Gasteiger partial charge on any atom is 0.219 e. The number of pyridine rings is 1. The van der Waals surface area contributed by atoms with E-state index in [0.29, 0.717) is 21.7 Å². The lowest BCUT2D eigenvalue weighted by molar-refractivity contribution is 0.198. The highest BCUT2D eigenvalue weighted by Crippen LogP contribution is 2.25. The average molecular weight is 312 g/mol. The predicted octanol–water partition coefficient (Wildman–Crippen LogP) is 3.83. The van der Waals surface area contributed by atoms with Crippen LogP contribution in [0.15, 0.2) is 41.0 Å². The molecule has 0 aliphatic heterocycles. The van der Waals surface area contributed by atoms with E-state index in [9.17, 15) is 9.50 Å². The van der Waals surface area contributed by atoms with Crippen LogP contribution in [0, 0.1) is 5.82 Å². The molecule has 1 heterocycles. The Balaban J connectivity index is 2.15. The van der Waals surface area contributed by atoms with Crippen molar-refractivity contribution in [2.24, 2.45) is 0 Å². The van der Waals surface area contributed by atoms with Crippen LogP contribution in [0.3, 0.4) is 0 Å². The van der Waals surface area contributed by atoms with Crippen LogP contribution in [0.4, 0.5) is 4.39 Å². The topological polar surface area (TPSA) is 42.4 Å². The van der Waals surface area contributed by atoms with E-state index in [1.54, 1.807) is 31.2 Å². The van der Waals surface area contributed by atoms with Gasteiger partial charge in [-0.25, -0.2) is 9.37 Å². The zero-order valence-electron chi connectivity index (χ0n) is 9.60. The van der Waals surface area contributed by atoms with Gasteiger partial charge in [-0.05, 0) is 46.6 Å². The van der Waals surface area contributed by atoms with Crippen LogP contribution in [-0.2, 0) is 0 Å². The number of aliphatic hydroxyl groups is 1. The van der Waals surface area contributed by atoms with Crippen molar-refractivity contribution in [2.75, 3.05) is 0 Å². The number of hydrogen-bond acceptors (Lipinski definition) is 3. The number of benzene rings is 1. The summed E-state index contributed by atoms with van der Waals surface area (Å²) in [6, 6.07) is 7.81. The molecule has 94 valence electrons. The summed E-state index contributed by atoms with van der Waals surface area (Å²) in [4.78, 5) is 4.03. The lowest BCUT2D eigenvalue weighted by Gasteiger charge is -2.07. The Hall–Kier alpha value is -1.46. The van der Waals surface area contributed by atoms with Crippen LogP contribution in [-0.4, -0.2) is 10.1 Å².